The van der Waals surface area contributed by atoms with Gasteiger partial charge in [0.05, 0.1) is 0 Å². The van der Waals surface area contributed by atoms with Crippen molar-refractivity contribution >= 4 is 55.4 Å². The Morgan fingerprint density at radius 1 is 0.707 bits per heavy atom. The topological polar surface area (TPSA) is 0 Å². The Kier molecular flexibility index (Phi) is 15.8. The van der Waals surface area contributed by atoms with Gasteiger partial charge in [-0.3, -0.25) is 6.08 Å². The predicted octanol–water partition coefficient (Wildman–Crippen LogP) is 15.5. The van der Waals surface area contributed by atoms with E-state index in [2.05, 4.69) is 136 Å². The molecule has 6 aliphatic carbocycles. The van der Waals surface area contributed by atoms with Crippen LogP contribution in [0.3, 0.4) is 0 Å². The Bertz CT molecular complexity index is 2020. The summed E-state index contributed by atoms with van der Waals surface area (Å²) in [6.45, 7) is 18.2. The summed E-state index contributed by atoms with van der Waals surface area (Å²) in [5.41, 5.74) is 15.1. The van der Waals surface area contributed by atoms with Gasteiger partial charge < -0.3 is 0 Å². The zero-order chi connectivity index (χ0) is 39.8. The Morgan fingerprint density at radius 2 is 1.21 bits per heavy atom. The molecular weight excluding hydrogens is 870 g/mol. The Balaban J connectivity index is 0.000000164. The van der Waals surface area contributed by atoms with Gasteiger partial charge in [0.2, 0.25) is 0 Å². The van der Waals surface area contributed by atoms with E-state index in [0.29, 0.717) is 11.3 Å². The second-order valence-electron chi connectivity index (χ2n) is 19.7. The molecule has 0 N–H and O–H groups in total. The van der Waals surface area contributed by atoms with Crippen LogP contribution in [0.25, 0.3) is 11.1 Å². The quantitative estimate of drug-likeness (QED) is 0.158. The average molecular weight is 932 g/mol. The molecule has 1 unspecified atom stereocenters. The first-order chi connectivity index (χ1) is 26.5. The normalized spacial score (nSPS) is 23.2. The minimum absolute atomic E-state index is 0. The average Bonchev–Trinajstić information content (AvgIpc) is 3.65. The van der Waals surface area contributed by atoms with Crippen LogP contribution in [-0.2, 0) is 39.5 Å². The molecule has 0 spiro atoms. The molecule has 0 aliphatic heterocycles. The molecule has 58 heavy (non-hydrogen) atoms. The minimum atomic E-state index is -0.623. The Morgan fingerprint density at radius 3 is 1.67 bits per heavy atom. The maximum atomic E-state index is 5.84. The van der Waals surface area contributed by atoms with E-state index in [-0.39, 0.29) is 35.6 Å². The fourth-order valence-corrected chi connectivity index (χ4v) is 12.7. The summed E-state index contributed by atoms with van der Waals surface area (Å²) >= 11 is 11.0. The van der Waals surface area contributed by atoms with Gasteiger partial charge in [0, 0.05) is 0 Å². The second kappa shape index (κ2) is 19.5. The van der Waals surface area contributed by atoms with Crippen molar-refractivity contribution in [3.63, 3.8) is 0 Å². The fourth-order valence-electron chi connectivity index (χ4n) is 10.3. The van der Waals surface area contributed by atoms with E-state index in [1.807, 2.05) is 24.3 Å². The molecular formula is C53H62Cl4Zr-2. The predicted molar refractivity (Wildman–Crippen MR) is 254 cm³/mol. The zero-order valence-electron chi connectivity index (χ0n) is 35.8. The summed E-state index contributed by atoms with van der Waals surface area (Å²) in [5, 5.41) is 1.57. The molecule has 0 aromatic heterocycles. The molecule has 10 rings (SSSR count). The number of fused-ring (bicyclic) bond motifs is 3. The van der Waals surface area contributed by atoms with Gasteiger partial charge in [-0.1, -0.05) is 102 Å². The summed E-state index contributed by atoms with van der Waals surface area (Å²) in [6, 6.07) is 31.0. The van der Waals surface area contributed by atoms with Crippen LogP contribution < -0.4 is 0 Å². The van der Waals surface area contributed by atoms with Crippen molar-refractivity contribution in [3.8, 4) is 11.1 Å². The molecule has 0 heterocycles. The van der Waals surface area contributed by atoms with Gasteiger partial charge in [-0.05, 0) is 79.1 Å². The van der Waals surface area contributed by atoms with Crippen LogP contribution in [0.5, 0.6) is 0 Å². The molecule has 0 radical (unpaired) electrons. The van der Waals surface area contributed by atoms with Crippen LogP contribution in [0.1, 0.15) is 134 Å². The molecule has 0 saturated heterocycles. The molecule has 4 aromatic rings. The van der Waals surface area contributed by atoms with Crippen LogP contribution in [0.2, 0.25) is 10.0 Å². The molecule has 308 valence electrons. The molecule has 6 aliphatic rings. The Hall–Kier alpha value is -1.86. The SMILES string of the molecule is CC(C)(C)c1c[c-]c2c(c1)-c1cc(C(C)(C)C)ccc1C2.CC1=[C-]C(C)C=C1CC12CC3CC(CC(C3)C1)C2.Cl.Cl.Clc1ccc([CH]=[Zr]=[CH]c2ccc(Cl)cc2)cc1. The summed E-state index contributed by atoms with van der Waals surface area (Å²) in [7, 11) is 0. The summed E-state index contributed by atoms with van der Waals surface area (Å²) in [6.07, 6.45) is 17.8. The molecule has 1 atom stereocenters. The van der Waals surface area contributed by atoms with Gasteiger partial charge in [-0.15, -0.1) is 30.4 Å². The third-order valence-corrected chi connectivity index (χ3v) is 15.8. The molecule has 4 aromatic carbocycles. The van der Waals surface area contributed by atoms with Crippen LogP contribution in [0, 0.1) is 41.2 Å². The van der Waals surface area contributed by atoms with Gasteiger partial charge in [0.25, 0.3) is 0 Å². The van der Waals surface area contributed by atoms with Crippen molar-refractivity contribution in [2.45, 2.75) is 118 Å². The molecule has 0 nitrogen and oxygen atoms in total. The molecule has 0 amide bonds. The van der Waals surface area contributed by atoms with Crippen LogP contribution >= 0.6 is 48.0 Å². The van der Waals surface area contributed by atoms with Crippen molar-refractivity contribution in [2.75, 3.05) is 0 Å². The Labute approximate surface area is 384 Å². The number of halogens is 4. The number of benzene rings is 4. The van der Waals surface area contributed by atoms with Crippen molar-refractivity contribution in [1.29, 1.82) is 0 Å². The van der Waals surface area contributed by atoms with E-state index in [1.165, 1.54) is 56.5 Å². The van der Waals surface area contributed by atoms with E-state index in [4.69, 9.17) is 23.2 Å². The van der Waals surface area contributed by atoms with Gasteiger partial charge >= 0.3 is 123 Å². The van der Waals surface area contributed by atoms with E-state index < -0.39 is 22.3 Å². The standard InChI is InChI=1S/C21H25.C18H25.2C7H5Cl.2ClH.Zr/c1-20(2,3)16-9-7-14-11-15-8-10-17(21(4,5)6)13-19(15)18(14)12-16;1-12-3-13(2)17(4-12)11-18-8-14-5-15(9-18)7-16(6-14)10-18;2*1-6-2-4-7(8)5-3-6;;;/h7,9-10,12-13H,11H2,1-6H3;4,12,14-16H,5-11H2,1-2H3;2*1-5H;2*1H;/q2*-1;;;;;. The first kappa shape index (κ1) is 47.2. The molecule has 4 saturated carbocycles. The van der Waals surface area contributed by atoms with E-state index >= 15 is 0 Å². The van der Waals surface area contributed by atoms with Crippen LogP contribution in [0.4, 0.5) is 0 Å². The van der Waals surface area contributed by atoms with E-state index in [9.17, 15) is 0 Å². The number of hydrogen-bond acceptors (Lipinski definition) is 0. The number of rotatable bonds is 4. The first-order valence-corrected chi connectivity index (χ1v) is 24.5. The monoisotopic (exact) mass is 928 g/mol. The molecule has 4 bridgehead atoms. The van der Waals surface area contributed by atoms with Gasteiger partial charge in [0.1, 0.15) is 0 Å². The summed E-state index contributed by atoms with van der Waals surface area (Å²) < 4.78 is 4.66. The van der Waals surface area contributed by atoms with Crippen molar-refractivity contribution in [3.05, 3.63) is 152 Å². The number of hydrogen-bond donors (Lipinski definition) is 0. The van der Waals surface area contributed by atoms with E-state index in [0.717, 1.165) is 34.2 Å². The van der Waals surface area contributed by atoms with Crippen LogP contribution in [-0.4, -0.2) is 7.42 Å². The third kappa shape index (κ3) is 11.7. The van der Waals surface area contributed by atoms with E-state index in [1.54, 1.807) is 44.1 Å². The maximum absolute atomic E-state index is 5.84. The zero-order valence-corrected chi connectivity index (χ0v) is 41.4. The van der Waals surface area contributed by atoms with Gasteiger partial charge in [0.15, 0.2) is 0 Å². The third-order valence-electron chi connectivity index (χ3n) is 12.9. The molecule has 5 heteroatoms. The number of allylic oxidation sites excluding steroid dienone is 4. The van der Waals surface area contributed by atoms with Gasteiger partial charge in [-0.25, -0.2) is 5.57 Å². The van der Waals surface area contributed by atoms with Crippen molar-refractivity contribution in [2.24, 2.45) is 29.1 Å². The van der Waals surface area contributed by atoms with Crippen LogP contribution in [0.15, 0.2) is 96.1 Å². The van der Waals surface area contributed by atoms with Crippen molar-refractivity contribution in [1.82, 2.24) is 0 Å². The first-order valence-electron chi connectivity index (χ1n) is 21.0. The fraction of sp³-hybridized carbons (Fsp3) is 0.434. The van der Waals surface area contributed by atoms with Crippen molar-refractivity contribution < 1.29 is 22.3 Å². The summed E-state index contributed by atoms with van der Waals surface area (Å²) in [5.74, 6) is 3.82. The second-order valence-corrected chi connectivity index (χ2v) is 22.8. The summed E-state index contributed by atoms with van der Waals surface area (Å²) in [4.78, 5) is 0. The molecule has 4 fully saturated rings. The van der Waals surface area contributed by atoms with Gasteiger partial charge in [-0.2, -0.15) is 41.0 Å².